The van der Waals surface area contributed by atoms with Crippen LogP contribution in [-0.4, -0.2) is 53.2 Å². The lowest BCUT2D eigenvalue weighted by molar-refractivity contribution is 0.102. The maximum absolute atomic E-state index is 12.6. The zero-order chi connectivity index (χ0) is 14.7. The van der Waals surface area contributed by atoms with Gasteiger partial charge in [-0.05, 0) is 21.0 Å². The van der Waals surface area contributed by atoms with Crippen molar-refractivity contribution in [3.8, 4) is 5.75 Å². The molecule has 2 aromatic heterocycles. The van der Waals surface area contributed by atoms with Crippen LogP contribution in [0.2, 0.25) is 0 Å². The summed E-state index contributed by atoms with van der Waals surface area (Å²) in [5, 5.41) is 6.86. The van der Waals surface area contributed by atoms with Gasteiger partial charge in [-0.2, -0.15) is 5.10 Å². The molecule has 0 aromatic carbocycles. The quantitative estimate of drug-likeness (QED) is 0.755. The van der Waals surface area contributed by atoms with Crippen LogP contribution in [0.15, 0.2) is 11.6 Å². The van der Waals surface area contributed by atoms with Gasteiger partial charge in [-0.15, -0.1) is 11.3 Å². The van der Waals surface area contributed by atoms with Crippen molar-refractivity contribution in [3.63, 3.8) is 0 Å². The second-order valence-electron chi connectivity index (χ2n) is 4.67. The van der Waals surface area contributed by atoms with Gasteiger partial charge in [0.15, 0.2) is 11.4 Å². The molecule has 0 saturated heterocycles. The fourth-order valence-corrected chi connectivity index (χ4v) is 2.39. The van der Waals surface area contributed by atoms with E-state index in [2.05, 4.69) is 10.1 Å². The van der Waals surface area contributed by atoms with E-state index in [9.17, 15) is 4.79 Å². The third kappa shape index (κ3) is 3.05. The molecule has 2 heterocycles. The van der Waals surface area contributed by atoms with Gasteiger partial charge < -0.3 is 9.64 Å². The number of hydrogen-bond acceptors (Lipinski definition) is 6. The predicted octanol–water partition coefficient (Wildman–Crippen LogP) is 1.45. The van der Waals surface area contributed by atoms with Crippen molar-refractivity contribution < 1.29 is 9.53 Å². The summed E-state index contributed by atoms with van der Waals surface area (Å²) >= 11 is 1.46. The molecule has 0 fully saturated rings. The van der Waals surface area contributed by atoms with Gasteiger partial charge in [0.05, 0.1) is 24.9 Å². The normalized spacial score (nSPS) is 11.1. The van der Waals surface area contributed by atoms with Gasteiger partial charge >= 0.3 is 0 Å². The highest BCUT2D eigenvalue weighted by Gasteiger charge is 2.22. The lowest BCUT2D eigenvalue weighted by Crippen LogP contribution is -2.22. The highest BCUT2D eigenvalue weighted by Crippen LogP contribution is 2.22. The summed E-state index contributed by atoms with van der Waals surface area (Å²) in [6, 6.07) is 0. The van der Waals surface area contributed by atoms with Crippen LogP contribution >= 0.6 is 11.3 Å². The Labute approximate surface area is 122 Å². The minimum Gasteiger partial charge on any atom is -0.493 e. The summed E-state index contributed by atoms with van der Waals surface area (Å²) in [6.07, 6.45) is 1.57. The molecule has 6 nitrogen and oxygen atoms in total. The molecule has 0 N–H and O–H groups in total. The molecule has 7 heteroatoms. The molecule has 0 aliphatic carbocycles. The largest absolute Gasteiger partial charge is 0.493 e. The Balaban J connectivity index is 2.33. The predicted molar refractivity (Wildman–Crippen MR) is 77.6 cm³/mol. The number of hydrogen-bond donors (Lipinski definition) is 0. The van der Waals surface area contributed by atoms with Gasteiger partial charge in [-0.3, -0.25) is 9.48 Å². The van der Waals surface area contributed by atoms with Crippen molar-refractivity contribution in [3.05, 3.63) is 28.0 Å². The molecule has 0 unspecified atom stereocenters. The molecule has 0 saturated carbocycles. The summed E-state index contributed by atoms with van der Waals surface area (Å²) in [7, 11) is 5.49. The average Bonchev–Trinajstić information content (AvgIpc) is 3.01. The molecule has 0 spiro atoms. The van der Waals surface area contributed by atoms with Crippen molar-refractivity contribution in [2.24, 2.45) is 0 Å². The minimum atomic E-state index is -0.151. The molecule has 0 atom stereocenters. The summed E-state index contributed by atoms with van der Waals surface area (Å²) in [5.74, 6) is 0.335. The average molecular weight is 294 g/mol. The van der Waals surface area contributed by atoms with Gasteiger partial charge in [0.1, 0.15) is 5.69 Å². The lowest BCUT2D eigenvalue weighted by atomic mass is 10.2. The Morgan fingerprint density at radius 3 is 2.80 bits per heavy atom. The van der Waals surface area contributed by atoms with Gasteiger partial charge in [0.25, 0.3) is 0 Å². The summed E-state index contributed by atoms with van der Waals surface area (Å²) < 4.78 is 6.92. The van der Waals surface area contributed by atoms with Gasteiger partial charge in [-0.25, -0.2) is 4.98 Å². The van der Waals surface area contributed by atoms with Crippen LogP contribution in [-0.2, 0) is 6.54 Å². The third-order valence-corrected chi connectivity index (χ3v) is 3.63. The number of aryl methyl sites for hydroxylation is 1. The number of ether oxygens (including phenoxy) is 1. The number of rotatable bonds is 6. The smallest absolute Gasteiger partial charge is 0.234 e. The standard InChI is InChI=1S/C13H18N4O2S/c1-9-15-10(8-20-9)13(18)12-11(19-4)7-14-17(12)6-5-16(2)3/h7-8H,5-6H2,1-4H3. The molecular weight excluding hydrogens is 276 g/mol. The zero-order valence-electron chi connectivity index (χ0n) is 12.1. The van der Waals surface area contributed by atoms with Crippen molar-refractivity contribution in [2.45, 2.75) is 13.5 Å². The Bertz CT molecular complexity index is 603. The molecule has 2 rings (SSSR count). The molecule has 20 heavy (non-hydrogen) atoms. The van der Waals surface area contributed by atoms with Crippen LogP contribution in [0, 0.1) is 6.92 Å². The van der Waals surface area contributed by atoms with E-state index in [0.29, 0.717) is 23.7 Å². The zero-order valence-corrected chi connectivity index (χ0v) is 12.9. The van der Waals surface area contributed by atoms with Gasteiger partial charge in [-0.1, -0.05) is 0 Å². The van der Waals surface area contributed by atoms with E-state index in [0.717, 1.165) is 11.6 Å². The van der Waals surface area contributed by atoms with E-state index in [1.807, 2.05) is 25.9 Å². The maximum atomic E-state index is 12.6. The van der Waals surface area contributed by atoms with Crippen molar-refractivity contribution in [1.82, 2.24) is 19.7 Å². The maximum Gasteiger partial charge on any atom is 0.234 e. The fourth-order valence-electron chi connectivity index (χ4n) is 1.80. The first-order valence-corrected chi connectivity index (χ1v) is 7.12. The highest BCUT2D eigenvalue weighted by atomic mass is 32.1. The second kappa shape index (κ2) is 6.15. The van der Waals surface area contributed by atoms with Crippen molar-refractivity contribution in [1.29, 1.82) is 0 Å². The minimum absolute atomic E-state index is 0.151. The van der Waals surface area contributed by atoms with Crippen LogP contribution in [0.4, 0.5) is 0 Å². The Hall–Kier alpha value is -1.73. The first-order valence-electron chi connectivity index (χ1n) is 6.24. The summed E-state index contributed by atoms with van der Waals surface area (Å²) in [6.45, 7) is 3.30. The van der Waals surface area contributed by atoms with Gasteiger partial charge in [0, 0.05) is 11.9 Å². The highest BCUT2D eigenvalue weighted by molar-refractivity contribution is 7.09. The SMILES string of the molecule is COc1cnn(CCN(C)C)c1C(=O)c1csc(C)n1. The first-order chi connectivity index (χ1) is 9.52. The van der Waals surface area contributed by atoms with Crippen molar-refractivity contribution in [2.75, 3.05) is 27.7 Å². The van der Waals surface area contributed by atoms with Crippen LogP contribution in [0.3, 0.4) is 0 Å². The second-order valence-corrected chi connectivity index (χ2v) is 5.73. The van der Waals surface area contributed by atoms with Crippen LogP contribution in [0.25, 0.3) is 0 Å². The molecule has 0 aliphatic rings. The van der Waals surface area contributed by atoms with Gasteiger partial charge in [0.2, 0.25) is 5.78 Å². The van der Waals surface area contributed by atoms with E-state index in [1.165, 1.54) is 18.4 Å². The number of carbonyl (C=O) groups excluding carboxylic acids is 1. The summed E-state index contributed by atoms with van der Waals surface area (Å²) in [4.78, 5) is 18.8. The van der Waals surface area contributed by atoms with Crippen molar-refractivity contribution >= 4 is 17.1 Å². The number of nitrogens with zero attached hydrogens (tertiary/aromatic N) is 4. The van der Waals surface area contributed by atoms with Crippen LogP contribution in [0.5, 0.6) is 5.75 Å². The number of methoxy groups -OCH3 is 1. The topological polar surface area (TPSA) is 60.2 Å². The Morgan fingerprint density at radius 1 is 1.50 bits per heavy atom. The number of thiazole rings is 1. The molecular formula is C13H18N4O2S. The number of ketones is 1. The molecule has 0 radical (unpaired) electrons. The Morgan fingerprint density at radius 2 is 2.25 bits per heavy atom. The third-order valence-electron chi connectivity index (χ3n) is 2.85. The molecule has 2 aromatic rings. The number of carbonyl (C=O) groups is 1. The molecule has 0 amide bonds. The monoisotopic (exact) mass is 294 g/mol. The molecule has 0 bridgehead atoms. The lowest BCUT2D eigenvalue weighted by Gasteiger charge is -2.11. The number of aromatic nitrogens is 3. The van der Waals surface area contributed by atoms with Crippen LogP contribution < -0.4 is 4.74 Å². The fraction of sp³-hybridized carbons (Fsp3) is 0.462. The number of likely N-dealkylation sites (N-methyl/N-ethyl adjacent to an activating group) is 1. The van der Waals surface area contributed by atoms with E-state index in [4.69, 9.17) is 4.74 Å². The Kier molecular flexibility index (Phi) is 4.51. The van der Waals surface area contributed by atoms with E-state index in [-0.39, 0.29) is 5.78 Å². The van der Waals surface area contributed by atoms with Crippen LogP contribution in [0.1, 0.15) is 21.2 Å². The first kappa shape index (κ1) is 14.7. The van der Waals surface area contributed by atoms with E-state index in [1.54, 1.807) is 16.3 Å². The van der Waals surface area contributed by atoms with E-state index >= 15 is 0 Å². The molecule has 0 aliphatic heterocycles. The summed E-state index contributed by atoms with van der Waals surface area (Å²) in [5.41, 5.74) is 0.900. The molecule has 108 valence electrons. The van der Waals surface area contributed by atoms with E-state index < -0.39 is 0 Å².